The fourth-order valence-corrected chi connectivity index (χ4v) is 1.65. The third kappa shape index (κ3) is 4.15. The van der Waals surface area contributed by atoms with Gasteiger partial charge in [0.15, 0.2) is 5.84 Å². The first-order valence-corrected chi connectivity index (χ1v) is 6.66. The number of nitrogens with two attached hydrogens (primary N) is 1. The summed E-state index contributed by atoms with van der Waals surface area (Å²) in [5, 5.41) is 2.97. The average molecular weight is 276 g/mol. The first kappa shape index (κ1) is 14.7. The van der Waals surface area contributed by atoms with Crippen LogP contribution >= 0.6 is 7.82 Å². The Bertz CT molecular complexity index is 438. The van der Waals surface area contributed by atoms with E-state index >= 15 is 0 Å². The van der Waals surface area contributed by atoms with E-state index in [2.05, 4.69) is 21.4 Å². The zero-order chi connectivity index (χ0) is 13.9. The van der Waals surface area contributed by atoms with Gasteiger partial charge in [-0.1, -0.05) is 6.58 Å². The lowest BCUT2D eigenvalue weighted by Crippen LogP contribution is -2.36. The van der Waals surface area contributed by atoms with E-state index in [-0.39, 0.29) is 12.9 Å². The van der Waals surface area contributed by atoms with Gasteiger partial charge in [-0.15, -0.1) is 0 Å². The van der Waals surface area contributed by atoms with Gasteiger partial charge in [0.1, 0.15) is 6.73 Å². The zero-order valence-electron chi connectivity index (χ0n) is 10.2. The zero-order valence-corrected chi connectivity index (χ0v) is 11.1. The van der Waals surface area contributed by atoms with E-state index in [4.69, 9.17) is 15.5 Å². The Balaban J connectivity index is 2.85. The second-order valence-corrected chi connectivity index (χ2v) is 5.08. The molecule has 1 unspecified atom stereocenters. The summed E-state index contributed by atoms with van der Waals surface area (Å²) in [6.07, 6.45) is 1.21. The Morgan fingerprint density at radius 2 is 2.39 bits per heavy atom. The van der Waals surface area contributed by atoms with Crippen LogP contribution in [0, 0.1) is 0 Å². The highest BCUT2D eigenvalue weighted by atomic mass is 31.2. The van der Waals surface area contributed by atoms with Gasteiger partial charge < -0.3 is 25.7 Å². The minimum atomic E-state index is -4.52. The van der Waals surface area contributed by atoms with Crippen molar-refractivity contribution in [3.63, 3.8) is 0 Å². The van der Waals surface area contributed by atoms with E-state index in [9.17, 15) is 4.57 Å². The van der Waals surface area contributed by atoms with E-state index in [1.807, 2.05) is 0 Å². The van der Waals surface area contributed by atoms with Crippen LogP contribution in [-0.2, 0) is 9.09 Å². The minimum absolute atomic E-state index is 0.228. The fraction of sp³-hybridized carbons (Fsp3) is 0.444. The summed E-state index contributed by atoms with van der Waals surface area (Å²) in [5.74, 6) is 0.431. The molecule has 1 aliphatic rings. The van der Waals surface area contributed by atoms with Gasteiger partial charge in [-0.2, -0.15) is 0 Å². The summed E-state index contributed by atoms with van der Waals surface area (Å²) in [4.78, 5) is 23.0. The van der Waals surface area contributed by atoms with Crippen molar-refractivity contribution in [2.24, 2.45) is 10.7 Å². The largest absolute Gasteiger partial charge is 0.471 e. The maximum absolute atomic E-state index is 10.7. The molecule has 0 spiro atoms. The molecule has 0 amide bonds. The topological polar surface area (TPSA) is 120 Å². The number of rotatable bonds is 4. The average Bonchev–Trinajstić information content (AvgIpc) is 2.46. The molecule has 5 N–H and O–H groups in total. The van der Waals surface area contributed by atoms with Gasteiger partial charge in [0.25, 0.3) is 0 Å². The van der Waals surface area contributed by atoms with Crippen molar-refractivity contribution in [1.82, 2.24) is 10.2 Å². The van der Waals surface area contributed by atoms with Gasteiger partial charge in [-0.05, 0) is 13.8 Å². The summed E-state index contributed by atoms with van der Waals surface area (Å²) >= 11 is 0. The molecule has 0 aliphatic carbocycles. The molecule has 0 radical (unpaired) electrons. The van der Waals surface area contributed by atoms with E-state index in [0.29, 0.717) is 17.2 Å². The number of amidine groups is 1. The number of allylic oxidation sites excluding steroid dienone is 1. The second kappa shape index (κ2) is 5.53. The molecule has 8 nitrogen and oxygen atoms in total. The lowest BCUT2D eigenvalue weighted by molar-refractivity contribution is 0.119. The van der Waals surface area contributed by atoms with Crippen LogP contribution in [0.4, 0.5) is 0 Å². The Kier molecular flexibility index (Phi) is 4.53. The lowest BCUT2D eigenvalue weighted by Gasteiger charge is -2.22. The highest BCUT2D eigenvalue weighted by Gasteiger charge is 2.30. The van der Waals surface area contributed by atoms with Crippen LogP contribution in [0.15, 0.2) is 29.2 Å². The number of nitrogens with one attached hydrogen (secondary N) is 1. The van der Waals surface area contributed by atoms with E-state index in [1.165, 1.54) is 11.1 Å². The monoisotopic (exact) mass is 276 g/mol. The van der Waals surface area contributed by atoms with Crippen molar-refractivity contribution < 1.29 is 18.9 Å². The predicted molar refractivity (Wildman–Crippen MR) is 67.0 cm³/mol. The van der Waals surface area contributed by atoms with Crippen LogP contribution in [0.1, 0.15) is 13.8 Å². The molecule has 0 bridgehead atoms. The Morgan fingerprint density at radius 3 is 2.89 bits per heavy atom. The van der Waals surface area contributed by atoms with Crippen molar-refractivity contribution in [1.29, 1.82) is 0 Å². The highest BCUT2D eigenvalue weighted by molar-refractivity contribution is 7.46. The number of phosphoric ester groups is 1. The number of nitrogens with zero attached hydrogens (tertiary/aromatic N) is 2. The van der Waals surface area contributed by atoms with Gasteiger partial charge in [-0.3, -0.25) is 4.52 Å². The van der Waals surface area contributed by atoms with E-state index in [0.717, 1.165) is 0 Å². The van der Waals surface area contributed by atoms with Gasteiger partial charge >= 0.3 is 7.82 Å². The molecular weight excluding hydrogens is 259 g/mol. The number of aliphatic imine (C=N–C) groups is 1. The van der Waals surface area contributed by atoms with Crippen molar-refractivity contribution in [2.75, 3.05) is 6.73 Å². The van der Waals surface area contributed by atoms with E-state index < -0.39 is 7.82 Å². The quantitative estimate of drug-likeness (QED) is 0.535. The summed E-state index contributed by atoms with van der Waals surface area (Å²) in [7, 11) is -4.52. The predicted octanol–water partition coefficient (Wildman–Crippen LogP) is 0.0366. The summed E-state index contributed by atoms with van der Waals surface area (Å²) < 4.78 is 15.1. The SMILES string of the molecule is C=C1NC(C)N(COP(=O)(O)O)/C1=N/C=C(\C)N. The Morgan fingerprint density at radius 1 is 1.78 bits per heavy atom. The van der Waals surface area contributed by atoms with Crippen LogP contribution in [0.5, 0.6) is 0 Å². The van der Waals surface area contributed by atoms with Gasteiger partial charge in [0.05, 0.1) is 11.9 Å². The molecule has 102 valence electrons. The molecular formula is C9H17N4O4P. The lowest BCUT2D eigenvalue weighted by atomic mass is 10.4. The van der Waals surface area contributed by atoms with Crippen molar-refractivity contribution in [3.05, 3.63) is 24.2 Å². The van der Waals surface area contributed by atoms with Crippen molar-refractivity contribution in [3.8, 4) is 0 Å². The Hall–Kier alpha value is -1.34. The maximum Gasteiger partial charge on any atom is 0.471 e. The van der Waals surface area contributed by atoms with Gasteiger partial charge in [0, 0.05) is 11.9 Å². The second-order valence-electron chi connectivity index (χ2n) is 3.84. The van der Waals surface area contributed by atoms with Gasteiger partial charge in [-0.25, -0.2) is 9.56 Å². The molecule has 1 atom stereocenters. The van der Waals surface area contributed by atoms with Gasteiger partial charge in [0.2, 0.25) is 0 Å². The molecule has 1 saturated heterocycles. The molecule has 0 aromatic rings. The molecule has 1 rings (SSSR count). The van der Waals surface area contributed by atoms with Crippen LogP contribution in [-0.4, -0.2) is 33.4 Å². The number of phosphoric acid groups is 1. The molecule has 0 aromatic carbocycles. The molecule has 1 heterocycles. The molecule has 18 heavy (non-hydrogen) atoms. The Labute approximate surface area is 105 Å². The molecule has 1 fully saturated rings. The number of hydrogen-bond acceptors (Lipinski definition) is 5. The van der Waals surface area contributed by atoms with Crippen LogP contribution in [0.3, 0.4) is 0 Å². The number of hydrogen-bond donors (Lipinski definition) is 4. The third-order valence-electron chi connectivity index (χ3n) is 2.15. The summed E-state index contributed by atoms with van der Waals surface area (Å²) in [6, 6.07) is 0. The van der Waals surface area contributed by atoms with Crippen molar-refractivity contribution in [2.45, 2.75) is 20.0 Å². The molecule has 1 aliphatic heterocycles. The normalized spacial score (nSPS) is 23.7. The first-order valence-electron chi connectivity index (χ1n) is 5.13. The van der Waals surface area contributed by atoms with E-state index in [1.54, 1.807) is 13.8 Å². The van der Waals surface area contributed by atoms with Crippen LogP contribution in [0.2, 0.25) is 0 Å². The standard InChI is InChI=1S/C9H17N4O4P/c1-6(10)4-11-9-7(2)12-8(3)13(9)5-17-18(14,15)16/h4,8,12H,2,5,10H2,1,3H3,(H2,14,15,16)/b6-4+,11-9+. The molecule has 0 saturated carbocycles. The smallest absolute Gasteiger partial charge is 0.401 e. The molecule has 0 aromatic heterocycles. The highest BCUT2D eigenvalue weighted by Crippen LogP contribution is 2.36. The summed E-state index contributed by atoms with van der Waals surface area (Å²) in [5.41, 5.74) is 6.51. The van der Waals surface area contributed by atoms with Crippen LogP contribution < -0.4 is 11.1 Å². The minimum Gasteiger partial charge on any atom is -0.401 e. The fourth-order valence-electron chi connectivity index (χ4n) is 1.38. The molecule has 9 heteroatoms. The maximum atomic E-state index is 10.7. The first-order chi connectivity index (χ1) is 8.20. The third-order valence-corrected chi connectivity index (χ3v) is 2.60. The van der Waals surface area contributed by atoms with Crippen LogP contribution in [0.25, 0.3) is 0 Å². The summed E-state index contributed by atoms with van der Waals surface area (Å²) in [6.45, 7) is 6.92. The van der Waals surface area contributed by atoms with Crippen molar-refractivity contribution >= 4 is 13.7 Å².